The summed E-state index contributed by atoms with van der Waals surface area (Å²) in [6, 6.07) is 3.84. The smallest absolute Gasteiger partial charge is 0.230 e. The highest BCUT2D eigenvalue weighted by Crippen LogP contribution is 2.52. The van der Waals surface area contributed by atoms with Gasteiger partial charge in [-0.2, -0.15) is 11.8 Å². The van der Waals surface area contributed by atoms with Gasteiger partial charge in [-0.1, -0.05) is 18.2 Å². The fourth-order valence-corrected chi connectivity index (χ4v) is 5.60. The van der Waals surface area contributed by atoms with Crippen LogP contribution >= 0.6 is 11.8 Å². The van der Waals surface area contributed by atoms with Gasteiger partial charge in [-0.3, -0.25) is 14.6 Å². The minimum atomic E-state index is -0.630. The van der Waals surface area contributed by atoms with Gasteiger partial charge < -0.3 is 14.5 Å². The Labute approximate surface area is 156 Å². The van der Waals surface area contributed by atoms with Crippen LogP contribution in [0.1, 0.15) is 5.56 Å². The van der Waals surface area contributed by atoms with Crippen LogP contribution in [0.2, 0.25) is 0 Å². The summed E-state index contributed by atoms with van der Waals surface area (Å²) in [4.78, 5) is 34.2. The van der Waals surface area contributed by atoms with Crippen molar-refractivity contribution in [2.75, 3.05) is 31.1 Å². The van der Waals surface area contributed by atoms with E-state index >= 15 is 0 Å². The Morgan fingerprint density at radius 3 is 3.00 bits per heavy atom. The second-order valence-electron chi connectivity index (χ2n) is 7.39. The zero-order chi connectivity index (χ0) is 17.7. The number of aromatic nitrogens is 1. The maximum Gasteiger partial charge on any atom is 0.230 e. The fourth-order valence-electron chi connectivity index (χ4n) is 4.70. The Bertz CT molecular complexity index is 765. The van der Waals surface area contributed by atoms with Crippen molar-refractivity contribution in [1.82, 2.24) is 14.8 Å². The van der Waals surface area contributed by atoms with Crippen molar-refractivity contribution in [2.24, 2.45) is 11.8 Å². The normalized spacial score (nSPS) is 35.2. The number of thioether (sulfide) groups is 1. The van der Waals surface area contributed by atoms with E-state index in [1.165, 1.54) is 0 Å². The predicted molar refractivity (Wildman–Crippen MR) is 97.3 cm³/mol. The number of fused-ring (bicyclic) bond motifs is 1. The van der Waals surface area contributed by atoms with Crippen LogP contribution in [0.4, 0.5) is 0 Å². The Kier molecular flexibility index (Phi) is 3.83. The summed E-state index contributed by atoms with van der Waals surface area (Å²) < 4.78 is 6.20. The molecule has 7 heteroatoms. The molecule has 0 aliphatic carbocycles. The van der Waals surface area contributed by atoms with E-state index in [4.69, 9.17) is 4.74 Å². The number of hydrogen-bond acceptors (Lipinski definition) is 5. The highest BCUT2D eigenvalue weighted by Gasteiger charge is 2.67. The molecule has 1 aromatic rings. The fraction of sp³-hybridized carbons (Fsp3) is 0.526. The van der Waals surface area contributed by atoms with Crippen molar-refractivity contribution in [3.8, 4) is 0 Å². The zero-order valence-corrected chi connectivity index (χ0v) is 15.2. The van der Waals surface area contributed by atoms with E-state index in [2.05, 4.69) is 4.98 Å². The Balaban J connectivity index is 1.40. The number of amides is 2. The van der Waals surface area contributed by atoms with E-state index < -0.39 is 11.5 Å². The molecule has 2 bridgehead atoms. The van der Waals surface area contributed by atoms with Gasteiger partial charge in [0.05, 0.1) is 24.5 Å². The monoisotopic (exact) mass is 371 g/mol. The molecule has 4 aliphatic heterocycles. The minimum absolute atomic E-state index is 0.0328. The summed E-state index contributed by atoms with van der Waals surface area (Å²) in [5.41, 5.74) is 0.362. The van der Waals surface area contributed by atoms with E-state index in [0.717, 1.165) is 30.2 Å². The Morgan fingerprint density at radius 2 is 2.23 bits per heavy atom. The maximum atomic E-state index is 13.2. The minimum Gasteiger partial charge on any atom is -0.360 e. The molecule has 3 fully saturated rings. The van der Waals surface area contributed by atoms with Gasteiger partial charge in [0.15, 0.2) is 0 Å². The van der Waals surface area contributed by atoms with Crippen LogP contribution in [-0.4, -0.2) is 69.4 Å². The molecule has 4 atom stereocenters. The molecule has 26 heavy (non-hydrogen) atoms. The SMILES string of the molecule is O=C([C@H]1[C@@H]2C=C[C@@]3(CN(Cc4cccnc4)C(=O)[C@H]13)O2)N1CCSCC1. The van der Waals surface area contributed by atoms with E-state index in [0.29, 0.717) is 13.1 Å². The number of likely N-dealkylation sites (tertiary alicyclic amines) is 1. The van der Waals surface area contributed by atoms with Gasteiger partial charge in [0, 0.05) is 43.5 Å². The molecule has 0 saturated carbocycles. The van der Waals surface area contributed by atoms with Crippen molar-refractivity contribution in [3.05, 3.63) is 42.2 Å². The van der Waals surface area contributed by atoms with Gasteiger partial charge in [-0.25, -0.2) is 0 Å². The molecule has 0 unspecified atom stereocenters. The molecule has 2 amide bonds. The lowest BCUT2D eigenvalue weighted by Gasteiger charge is -2.32. The average Bonchev–Trinajstić information content (AvgIpc) is 3.31. The average molecular weight is 371 g/mol. The second kappa shape index (κ2) is 6.09. The topological polar surface area (TPSA) is 62.7 Å². The number of pyridine rings is 1. The molecule has 5 heterocycles. The van der Waals surface area contributed by atoms with Crippen molar-refractivity contribution in [2.45, 2.75) is 18.2 Å². The van der Waals surface area contributed by atoms with E-state index in [9.17, 15) is 9.59 Å². The Hall–Kier alpha value is -1.86. The summed E-state index contributed by atoms with van der Waals surface area (Å²) in [7, 11) is 0. The standard InChI is InChI=1S/C19H21N3O3S/c23-17(21-6-8-26-9-7-21)15-14-3-4-19(25-14)12-22(18(24)16(15)19)11-13-2-1-5-20-10-13/h1-5,10,14-16H,6-9,11-12H2/t14-,15-,16-,19-/m0/s1. The number of hydrogen-bond donors (Lipinski definition) is 0. The van der Waals surface area contributed by atoms with Crippen LogP contribution in [0.15, 0.2) is 36.7 Å². The predicted octanol–water partition coefficient (Wildman–Crippen LogP) is 0.939. The number of nitrogens with zero attached hydrogens (tertiary/aromatic N) is 3. The molecule has 0 radical (unpaired) electrons. The highest BCUT2D eigenvalue weighted by atomic mass is 32.2. The van der Waals surface area contributed by atoms with Crippen LogP contribution in [0.25, 0.3) is 0 Å². The van der Waals surface area contributed by atoms with Crippen LogP contribution in [-0.2, 0) is 20.9 Å². The van der Waals surface area contributed by atoms with Gasteiger partial charge in [-0.15, -0.1) is 0 Å². The summed E-state index contributed by atoms with van der Waals surface area (Å²) in [6.45, 7) is 2.56. The third-order valence-electron chi connectivity index (χ3n) is 5.88. The van der Waals surface area contributed by atoms with Crippen molar-refractivity contribution in [3.63, 3.8) is 0 Å². The van der Waals surface area contributed by atoms with Crippen molar-refractivity contribution in [1.29, 1.82) is 0 Å². The molecule has 5 rings (SSSR count). The molecule has 0 N–H and O–H groups in total. The van der Waals surface area contributed by atoms with Crippen molar-refractivity contribution >= 4 is 23.6 Å². The molecule has 1 spiro atoms. The first-order valence-corrected chi connectivity index (χ1v) is 10.2. The summed E-state index contributed by atoms with van der Waals surface area (Å²) in [5, 5.41) is 0. The van der Waals surface area contributed by atoms with Crippen LogP contribution in [0, 0.1) is 11.8 Å². The number of rotatable bonds is 3. The summed E-state index contributed by atoms with van der Waals surface area (Å²) in [6.07, 6.45) is 7.24. The zero-order valence-electron chi connectivity index (χ0n) is 14.4. The van der Waals surface area contributed by atoms with E-state index in [1.807, 2.05) is 45.8 Å². The Morgan fingerprint density at radius 1 is 1.38 bits per heavy atom. The van der Waals surface area contributed by atoms with Gasteiger partial charge in [0.1, 0.15) is 5.60 Å². The van der Waals surface area contributed by atoms with Crippen LogP contribution < -0.4 is 0 Å². The molecule has 136 valence electrons. The van der Waals surface area contributed by atoms with E-state index in [-0.39, 0.29) is 23.8 Å². The molecular formula is C19H21N3O3S. The first kappa shape index (κ1) is 16.3. The van der Waals surface area contributed by atoms with Crippen molar-refractivity contribution < 1.29 is 14.3 Å². The lowest BCUT2D eigenvalue weighted by Crippen LogP contribution is -2.48. The molecule has 6 nitrogen and oxygen atoms in total. The first-order chi connectivity index (χ1) is 12.7. The molecule has 4 aliphatic rings. The number of ether oxygens (including phenoxy) is 1. The number of carbonyl (C=O) groups excluding carboxylic acids is 2. The molecule has 3 saturated heterocycles. The van der Waals surface area contributed by atoms with Gasteiger partial charge in [-0.05, 0) is 11.6 Å². The number of carbonyl (C=O) groups is 2. The lowest BCUT2D eigenvalue weighted by molar-refractivity contribution is -0.143. The van der Waals surface area contributed by atoms with E-state index in [1.54, 1.807) is 12.4 Å². The van der Waals surface area contributed by atoms with Gasteiger partial charge >= 0.3 is 0 Å². The van der Waals surface area contributed by atoms with Crippen LogP contribution in [0.3, 0.4) is 0 Å². The molecule has 0 aromatic carbocycles. The highest BCUT2D eigenvalue weighted by molar-refractivity contribution is 7.99. The maximum absolute atomic E-state index is 13.2. The van der Waals surface area contributed by atoms with Gasteiger partial charge in [0.2, 0.25) is 11.8 Å². The third-order valence-corrected chi connectivity index (χ3v) is 6.83. The summed E-state index contributed by atoms with van der Waals surface area (Å²) in [5.74, 6) is 1.28. The largest absolute Gasteiger partial charge is 0.360 e. The molecule has 1 aromatic heterocycles. The van der Waals surface area contributed by atoms with Gasteiger partial charge in [0.25, 0.3) is 0 Å². The quantitative estimate of drug-likeness (QED) is 0.740. The second-order valence-corrected chi connectivity index (χ2v) is 8.62. The van der Waals surface area contributed by atoms with Crippen LogP contribution in [0.5, 0.6) is 0 Å². The third kappa shape index (κ3) is 2.41. The lowest BCUT2D eigenvalue weighted by atomic mass is 9.76. The first-order valence-electron chi connectivity index (χ1n) is 9.09. The summed E-state index contributed by atoms with van der Waals surface area (Å²) >= 11 is 1.87. The molecular weight excluding hydrogens is 350 g/mol.